The van der Waals surface area contributed by atoms with Crippen molar-refractivity contribution in [3.05, 3.63) is 0 Å². The minimum atomic E-state index is 0.339. The van der Waals surface area contributed by atoms with E-state index in [1.54, 1.807) is 0 Å². The minimum Gasteiger partial charge on any atom is -0.409 e. The lowest BCUT2D eigenvalue weighted by Gasteiger charge is -2.21. The Balaban J connectivity index is 1.92. The fourth-order valence-corrected chi connectivity index (χ4v) is 2.78. The van der Waals surface area contributed by atoms with Gasteiger partial charge in [-0.15, -0.1) is 0 Å². The van der Waals surface area contributed by atoms with Crippen LogP contribution in [0.2, 0.25) is 0 Å². The third-order valence-corrected chi connectivity index (χ3v) is 3.94. The van der Waals surface area contributed by atoms with Gasteiger partial charge in [-0.25, -0.2) is 0 Å². The van der Waals surface area contributed by atoms with Gasteiger partial charge in [-0.1, -0.05) is 5.16 Å². The summed E-state index contributed by atoms with van der Waals surface area (Å²) in [5.74, 6) is 1.51. The summed E-state index contributed by atoms with van der Waals surface area (Å²) in [6.07, 6.45) is 5.21. The normalized spacial score (nSPS) is 19.3. The van der Waals surface area contributed by atoms with Crippen molar-refractivity contribution in [3.63, 3.8) is 0 Å². The highest BCUT2D eigenvalue weighted by molar-refractivity contribution is 7.99. The molecule has 0 amide bonds. The SMILES string of the molecule is NC(CCCCSC1CCOCC1)=NO. The Hall–Kier alpha value is -0.420. The molecule has 0 aromatic carbocycles. The number of oxime groups is 1. The van der Waals surface area contributed by atoms with Gasteiger partial charge in [-0.2, -0.15) is 11.8 Å². The molecule has 1 rings (SSSR count). The van der Waals surface area contributed by atoms with Crippen molar-refractivity contribution in [1.29, 1.82) is 0 Å². The van der Waals surface area contributed by atoms with E-state index in [1.165, 1.54) is 18.6 Å². The molecule has 3 N–H and O–H groups in total. The number of rotatable bonds is 6. The molecule has 0 atom stereocenters. The van der Waals surface area contributed by atoms with Crippen LogP contribution in [0.5, 0.6) is 0 Å². The molecule has 0 saturated carbocycles. The third-order valence-electron chi connectivity index (χ3n) is 2.48. The molecule has 0 aromatic heterocycles. The van der Waals surface area contributed by atoms with Crippen LogP contribution in [0.25, 0.3) is 0 Å². The Morgan fingerprint density at radius 2 is 2.13 bits per heavy atom. The summed E-state index contributed by atoms with van der Waals surface area (Å²) in [6, 6.07) is 0. The first-order valence-corrected chi connectivity index (χ1v) is 6.53. The Kier molecular flexibility index (Phi) is 6.59. The fourth-order valence-electron chi connectivity index (χ4n) is 1.55. The second kappa shape index (κ2) is 7.82. The number of thioether (sulfide) groups is 1. The van der Waals surface area contributed by atoms with Gasteiger partial charge in [-0.05, 0) is 31.4 Å². The van der Waals surface area contributed by atoms with Crippen LogP contribution in [0, 0.1) is 0 Å². The lowest BCUT2D eigenvalue weighted by atomic mass is 10.2. The topological polar surface area (TPSA) is 67.8 Å². The van der Waals surface area contributed by atoms with Gasteiger partial charge >= 0.3 is 0 Å². The van der Waals surface area contributed by atoms with Gasteiger partial charge < -0.3 is 15.7 Å². The van der Waals surface area contributed by atoms with Crippen LogP contribution in [0.15, 0.2) is 5.16 Å². The summed E-state index contributed by atoms with van der Waals surface area (Å²) < 4.78 is 5.30. The molecular weight excluding hydrogens is 212 g/mol. The highest BCUT2D eigenvalue weighted by atomic mass is 32.2. The number of unbranched alkanes of at least 4 members (excludes halogenated alkanes) is 1. The van der Waals surface area contributed by atoms with Gasteiger partial charge in [0, 0.05) is 24.9 Å². The van der Waals surface area contributed by atoms with Crippen LogP contribution in [0.1, 0.15) is 32.1 Å². The van der Waals surface area contributed by atoms with Crippen LogP contribution in [0.4, 0.5) is 0 Å². The van der Waals surface area contributed by atoms with Crippen molar-refractivity contribution in [2.45, 2.75) is 37.4 Å². The van der Waals surface area contributed by atoms with E-state index >= 15 is 0 Å². The van der Waals surface area contributed by atoms with E-state index in [0.717, 1.165) is 31.3 Å². The van der Waals surface area contributed by atoms with Crippen molar-refractivity contribution < 1.29 is 9.94 Å². The van der Waals surface area contributed by atoms with Crippen LogP contribution in [-0.2, 0) is 4.74 Å². The third kappa shape index (κ3) is 5.89. The molecule has 0 aromatic rings. The summed E-state index contributed by atoms with van der Waals surface area (Å²) in [4.78, 5) is 0. The summed E-state index contributed by atoms with van der Waals surface area (Å²) in [7, 11) is 0. The van der Waals surface area contributed by atoms with Crippen LogP contribution in [0.3, 0.4) is 0 Å². The zero-order valence-electron chi connectivity index (χ0n) is 9.02. The molecular formula is C10H20N2O2S. The molecule has 0 aliphatic carbocycles. The Labute approximate surface area is 95.2 Å². The molecule has 0 spiro atoms. The lowest BCUT2D eigenvalue weighted by Crippen LogP contribution is -2.17. The van der Waals surface area contributed by atoms with Crippen molar-refractivity contribution in [2.75, 3.05) is 19.0 Å². The lowest BCUT2D eigenvalue weighted by molar-refractivity contribution is 0.100. The number of ether oxygens (including phenoxy) is 1. The molecule has 1 aliphatic heterocycles. The number of nitrogens with two attached hydrogens (primary N) is 1. The first-order valence-electron chi connectivity index (χ1n) is 5.48. The molecule has 5 heteroatoms. The van der Waals surface area contributed by atoms with Gasteiger partial charge in [0.15, 0.2) is 0 Å². The predicted molar refractivity (Wildman–Crippen MR) is 63.6 cm³/mol. The number of amidine groups is 1. The van der Waals surface area contributed by atoms with Crippen molar-refractivity contribution in [2.24, 2.45) is 10.9 Å². The first-order chi connectivity index (χ1) is 7.33. The van der Waals surface area contributed by atoms with E-state index in [1.807, 2.05) is 11.8 Å². The summed E-state index contributed by atoms with van der Waals surface area (Å²) >= 11 is 2.03. The summed E-state index contributed by atoms with van der Waals surface area (Å²) in [5, 5.41) is 12.1. The van der Waals surface area contributed by atoms with E-state index in [-0.39, 0.29) is 0 Å². The van der Waals surface area contributed by atoms with Crippen LogP contribution in [-0.4, -0.2) is 35.3 Å². The van der Waals surface area contributed by atoms with Gasteiger partial charge in [0.25, 0.3) is 0 Å². The number of hydrogen-bond acceptors (Lipinski definition) is 4. The maximum atomic E-state index is 8.34. The highest BCUT2D eigenvalue weighted by Crippen LogP contribution is 2.22. The number of nitrogens with zero attached hydrogens (tertiary/aromatic N) is 1. The zero-order valence-corrected chi connectivity index (χ0v) is 9.84. The van der Waals surface area contributed by atoms with E-state index in [4.69, 9.17) is 15.7 Å². The van der Waals surface area contributed by atoms with Gasteiger partial charge in [0.05, 0.1) is 0 Å². The van der Waals surface area contributed by atoms with E-state index < -0.39 is 0 Å². The Bertz CT molecular complexity index is 194. The van der Waals surface area contributed by atoms with Crippen molar-refractivity contribution in [1.82, 2.24) is 0 Å². The average molecular weight is 232 g/mol. The monoisotopic (exact) mass is 232 g/mol. The minimum absolute atomic E-state index is 0.339. The predicted octanol–water partition coefficient (Wildman–Crippen LogP) is 1.82. The van der Waals surface area contributed by atoms with E-state index in [0.29, 0.717) is 12.3 Å². The molecule has 15 heavy (non-hydrogen) atoms. The largest absolute Gasteiger partial charge is 0.409 e. The van der Waals surface area contributed by atoms with Crippen molar-refractivity contribution >= 4 is 17.6 Å². The van der Waals surface area contributed by atoms with E-state index in [2.05, 4.69) is 5.16 Å². The smallest absolute Gasteiger partial charge is 0.139 e. The first kappa shape index (κ1) is 12.6. The highest BCUT2D eigenvalue weighted by Gasteiger charge is 2.13. The maximum absolute atomic E-state index is 8.34. The zero-order chi connectivity index (χ0) is 10.9. The van der Waals surface area contributed by atoms with E-state index in [9.17, 15) is 0 Å². The fraction of sp³-hybridized carbons (Fsp3) is 0.900. The van der Waals surface area contributed by atoms with Crippen LogP contribution >= 0.6 is 11.8 Å². The maximum Gasteiger partial charge on any atom is 0.139 e. The molecule has 0 bridgehead atoms. The molecule has 1 heterocycles. The quantitative estimate of drug-likeness (QED) is 0.241. The molecule has 0 unspecified atom stereocenters. The van der Waals surface area contributed by atoms with Gasteiger partial charge in [-0.3, -0.25) is 0 Å². The molecule has 1 aliphatic rings. The Morgan fingerprint density at radius 1 is 1.40 bits per heavy atom. The van der Waals surface area contributed by atoms with Crippen molar-refractivity contribution in [3.8, 4) is 0 Å². The summed E-state index contributed by atoms with van der Waals surface area (Å²) in [5.41, 5.74) is 5.37. The van der Waals surface area contributed by atoms with Gasteiger partial charge in [0.2, 0.25) is 0 Å². The molecule has 1 saturated heterocycles. The second-order valence-corrected chi connectivity index (χ2v) is 5.14. The van der Waals surface area contributed by atoms with Gasteiger partial charge in [0.1, 0.15) is 5.84 Å². The summed E-state index contributed by atoms with van der Waals surface area (Å²) in [6.45, 7) is 1.84. The molecule has 0 radical (unpaired) electrons. The standard InChI is InChI=1S/C10H20N2O2S/c11-10(12-13)3-1-2-8-15-9-4-6-14-7-5-9/h9,13H,1-8H2,(H2,11,12). The molecule has 4 nitrogen and oxygen atoms in total. The average Bonchev–Trinajstić information content (AvgIpc) is 2.29. The molecule has 88 valence electrons. The molecule has 1 fully saturated rings. The Morgan fingerprint density at radius 3 is 2.80 bits per heavy atom. The van der Waals surface area contributed by atoms with Crippen LogP contribution < -0.4 is 5.73 Å². The number of hydrogen-bond donors (Lipinski definition) is 2. The second-order valence-electron chi connectivity index (χ2n) is 3.73.